The Morgan fingerprint density at radius 1 is 1.16 bits per heavy atom. The van der Waals surface area contributed by atoms with E-state index in [0.717, 1.165) is 64.5 Å². The minimum Gasteiger partial charge on any atom is -0.342 e. The fourth-order valence-electron chi connectivity index (χ4n) is 4.43. The second kappa shape index (κ2) is 7.87. The number of carbonyl (C=O) groups is 1. The highest BCUT2D eigenvalue weighted by atomic mass is 16.2. The van der Waals surface area contributed by atoms with Gasteiger partial charge in [0, 0.05) is 64.5 Å². The van der Waals surface area contributed by atoms with E-state index in [2.05, 4.69) is 46.4 Å². The summed E-state index contributed by atoms with van der Waals surface area (Å²) in [7, 11) is 0. The molecule has 2 saturated heterocycles. The first-order chi connectivity index (χ1) is 11.9. The number of rotatable bonds is 4. The summed E-state index contributed by atoms with van der Waals surface area (Å²) in [6.07, 6.45) is 1.09. The Hall–Kier alpha value is -1.40. The van der Waals surface area contributed by atoms with Gasteiger partial charge in [-0.2, -0.15) is 5.10 Å². The van der Waals surface area contributed by atoms with Crippen LogP contribution in [0.25, 0.3) is 0 Å². The molecule has 6 heteroatoms. The Labute approximate surface area is 151 Å². The number of nitrogens with zero attached hydrogens (tertiary/aromatic N) is 5. The van der Waals surface area contributed by atoms with Crippen molar-refractivity contribution < 1.29 is 4.79 Å². The summed E-state index contributed by atoms with van der Waals surface area (Å²) in [4.78, 5) is 18.8. The van der Waals surface area contributed by atoms with Crippen LogP contribution in [0.5, 0.6) is 0 Å². The van der Waals surface area contributed by atoms with Crippen molar-refractivity contribution in [1.29, 1.82) is 0 Å². The van der Waals surface area contributed by atoms with Gasteiger partial charge >= 0.3 is 0 Å². The second-order valence-electron chi connectivity index (χ2n) is 7.85. The summed E-state index contributed by atoms with van der Waals surface area (Å²) < 4.78 is 2.13. The van der Waals surface area contributed by atoms with Gasteiger partial charge in [0.05, 0.1) is 12.2 Å². The van der Waals surface area contributed by atoms with Crippen LogP contribution in [0.15, 0.2) is 6.07 Å². The molecule has 0 unspecified atom stereocenters. The molecule has 6 nitrogen and oxygen atoms in total. The predicted octanol–water partition coefficient (Wildman–Crippen LogP) is 1.37. The molecule has 2 aliphatic rings. The predicted molar refractivity (Wildman–Crippen MR) is 99.5 cm³/mol. The Bertz CT molecular complexity index is 599. The molecule has 0 spiro atoms. The molecule has 1 amide bonds. The maximum absolute atomic E-state index is 11.6. The van der Waals surface area contributed by atoms with Gasteiger partial charge in [0.15, 0.2) is 0 Å². The van der Waals surface area contributed by atoms with Crippen LogP contribution in [0.1, 0.15) is 31.7 Å². The van der Waals surface area contributed by atoms with Gasteiger partial charge in [-0.15, -0.1) is 0 Å². The van der Waals surface area contributed by atoms with Gasteiger partial charge in [0.1, 0.15) is 0 Å². The summed E-state index contributed by atoms with van der Waals surface area (Å²) in [6, 6.07) is 2.76. The van der Waals surface area contributed by atoms with Crippen molar-refractivity contribution in [1.82, 2.24) is 24.5 Å². The van der Waals surface area contributed by atoms with Crippen molar-refractivity contribution in [2.24, 2.45) is 5.92 Å². The standard InChI is InChI=1S/C19H33N5O/c1-15-13-21(8-11-24-17(3)12-16(2)20-24)14-19(15)23-7-5-6-22(9-10-23)18(4)25/h12,15,19H,5-11,13-14H2,1-4H3/t15-,19-/m0/s1. The molecule has 0 N–H and O–H groups in total. The highest BCUT2D eigenvalue weighted by Crippen LogP contribution is 2.23. The first kappa shape index (κ1) is 18.4. The molecule has 0 saturated carbocycles. The highest BCUT2D eigenvalue weighted by molar-refractivity contribution is 5.73. The van der Waals surface area contributed by atoms with Gasteiger partial charge in [0.2, 0.25) is 5.91 Å². The number of carbonyl (C=O) groups excluding carboxylic acids is 1. The van der Waals surface area contributed by atoms with Crippen molar-refractivity contribution in [3.8, 4) is 0 Å². The SMILES string of the molecule is CC(=O)N1CCCN([C@H]2CN(CCn3nc(C)cc3C)C[C@@H]2C)CC1. The van der Waals surface area contributed by atoms with Gasteiger partial charge in [-0.25, -0.2) is 0 Å². The molecule has 140 valence electrons. The van der Waals surface area contributed by atoms with Crippen LogP contribution >= 0.6 is 0 Å². The molecule has 3 heterocycles. The lowest BCUT2D eigenvalue weighted by molar-refractivity contribution is -0.128. The molecule has 1 aromatic heterocycles. The van der Waals surface area contributed by atoms with Crippen molar-refractivity contribution in [3.05, 3.63) is 17.5 Å². The maximum Gasteiger partial charge on any atom is 0.219 e. The van der Waals surface area contributed by atoms with Gasteiger partial charge < -0.3 is 4.90 Å². The van der Waals surface area contributed by atoms with Crippen LogP contribution in [0.4, 0.5) is 0 Å². The van der Waals surface area contributed by atoms with Crippen LogP contribution in [-0.4, -0.2) is 82.2 Å². The van der Waals surface area contributed by atoms with E-state index in [9.17, 15) is 4.79 Å². The summed E-state index contributed by atoms with van der Waals surface area (Å²) in [5.41, 5.74) is 2.35. The minimum atomic E-state index is 0.216. The van der Waals surface area contributed by atoms with Crippen molar-refractivity contribution in [3.63, 3.8) is 0 Å². The summed E-state index contributed by atoms with van der Waals surface area (Å²) in [5, 5.41) is 4.58. The first-order valence-corrected chi connectivity index (χ1v) is 9.67. The van der Waals surface area contributed by atoms with Crippen LogP contribution in [0, 0.1) is 19.8 Å². The average molecular weight is 348 g/mol. The average Bonchev–Trinajstić information content (AvgIpc) is 2.96. The van der Waals surface area contributed by atoms with Crippen molar-refractivity contribution in [2.75, 3.05) is 45.8 Å². The van der Waals surface area contributed by atoms with E-state index in [1.54, 1.807) is 6.92 Å². The lowest BCUT2D eigenvalue weighted by Crippen LogP contribution is -2.43. The van der Waals surface area contributed by atoms with E-state index in [4.69, 9.17) is 0 Å². The van der Waals surface area contributed by atoms with Gasteiger partial charge in [-0.1, -0.05) is 6.92 Å². The number of hydrogen-bond donors (Lipinski definition) is 0. The normalized spacial score (nSPS) is 26.2. The number of aromatic nitrogens is 2. The molecule has 2 aliphatic heterocycles. The number of aryl methyl sites for hydroxylation is 2. The second-order valence-corrected chi connectivity index (χ2v) is 7.85. The van der Waals surface area contributed by atoms with Gasteiger partial charge in [-0.3, -0.25) is 19.3 Å². The third-order valence-corrected chi connectivity index (χ3v) is 5.82. The van der Waals surface area contributed by atoms with E-state index in [-0.39, 0.29) is 5.91 Å². The van der Waals surface area contributed by atoms with Gasteiger partial charge in [0.25, 0.3) is 0 Å². The molecule has 0 aliphatic carbocycles. The van der Waals surface area contributed by atoms with Gasteiger partial charge in [-0.05, 0) is 32.3 Å². The zero-order chi connectivity index (χ0) is 18.0. The lowest BCUT2D eigenvalue weighted by Gasteiger charge is -2.30. The van der Waals surface area contributed by atoms with Crippen LogP contribution in [-0.2, 0) is 11.3 Å². The van der Waals surface area contributed by atoms with Crippen LogP contribution in [0.3, 0.4) is 0 Å². The number of amides is 1. The topological polar surface area (TPSA) is 44.6 Å². The Kier molecular flexibility index (Phi) is 5.79. The monoisotopic (exact) mass is 347 g/mol. The minimum absolute atomic E-state index is 0.216. The first-order valence-electron chi connectivity index (χ1n) is 9.67. The summed E-state index contributed by atoms with van der Waals surface area (Å²) in [5.74, 6) is 0.900. The van der Waals surface area contributed by atoms with E-state index < -0.39 is 0 Å². The number of hydrogen-bond acceptors (Lipinski definition) is 4. The fraction of sp³-hybridized carbons (Fsp3) is 0.789. The molecule has 2 fully saturated rings. The zero-order valence-electron chi connectivity index (χ0n) is 16.2. The van der Waals surface area contributed by atoms with E-state index >= 15 is 0 Å². The molecule has 1 aromatic rings. The number of likely N-dealkylation sites (tertiary alicyclic amines) is 1. The van der Waals surface area contributed by atoms with E-state index in [0.29, 0.717) is 12.0 Å². The van der Waals surface area contributed by atoms with E-state index in [1.807, 2.05) is 4.90 Å². The summed E-state index contributed by atoms with van der Waals surface area (Å²) >= 11 is 0. The molecule has 3 rings (SSSR count). The van der Waals surface area contributed by atoms with Crippen LogP contribution < -0.4 is 0 Å². The maximum atomic E-state index is 11.6. The smallest absolute Gasteiger partial charge is 0.219 e. The zero-order valence-corrected chi connectivity index (χ0v) is 16.2. The third-order valence-electron chi connectivity index (χ3n) is 5.82. The third kappa shape index (κ3) is 4.42. The lowest BCUT2D eigenvalue weighted by atomic mass is 10.0. The molecular weight excluding hydrogens is 314 g/mol. The molecule has 25 heavy (non-hydrogen) atoms. The Balaban J connectivity index is 1.52. The Morgan fingerprint density at radius 3 is 2.64 bits per heavy atom. The quantitative estimate of drug-likeness (QED) is 0.825. The molecule has 0 radical (unpaired) electrons. The molecule has 0 aromatic carbocycles. The highest BCUT2D eigenvalue weighted by Gasteiger charge is 2.34. The Morgan fingerprint density at radius 2 is 1.96 bits per heavy atom. The largest absolute Gasteiger partial charge is 0.342 e. The molecule has 0 bridgehead atoms. The fourth-order valence-corrected chi connectivity index (χ4v) is 4.43. The molecule has 2 atom stereocenters. The summed E-state index contributed by atoms with van der Waals surface area (Å²) in [6.45, 7) is 16.5. The van der Waals surface area contributed by atoms with Crippen LogP contribution in [0.2, 0.25) is 0 Å². The van der Waals surface area contributed by atoms with Crippen molar-refractivity contribution in [2.45, 2.75) is 46.7 Å². The molecular formula is C19H33N5O. The van der Waals surface area contributed by atoms with Crippen molar-refractivity contribution >= 4 is 5.91 Å². The van der Waals surface area contributed by atoms with E-state index in [1.165, 1.54) is 5.69 Å².